The minimum Gasteiger partial charge on any atom is -0.385 e. The summed E-state index contributed by atoms with van der Waals surface area (Å²) in [7, 11) is 0. The third-order valence-corrected chi connectivity index (χ3v) is 8.71. The first-order valence-electron chi connectivity index (χ1n) is 13.8. The van der Waals surface area contributed by atoms with Gasteiger partial charge in [0.2, 0.25) is 11.8 Å². The highest BCUT2D eigenvalue weighted by Gasteiger charge is 2.44. The van der Waals surface area contributed by atoms with Gasteiger partial charge in [-0.25, -0.2) is 0 Å². The third kappa shape index (κ3) is 4.38. The molecule has 3 fully saturated rings. The van der Waals surface area contributed by atoms with E-state index in [-0.39, 0.29) is 29.9 Å². The molecule has 4 amide bonds. The Kier molecular flexibility index (Phi) is 6.00. The predicted molar refractivity (Wildman–Crippen MR) is 148 cm³/mol. The third-order valence-electron chi connectivity index (χ3n) is 8.48. The van der Waals surface area contributed by atoms with Gasteiger partial charge in [-0.2, -0.15) is 5.10 Å². The van der Waals surface area contributed by atoms with Gasteiger partial charge in [-0.3, -0.25) is 34.1 Å². The zero-order chi connectivity index (χ0) is 27.5. The Hall–Kier alpha value is -3.98. The molecule has 7 rings (SSSR count). The summed E-state index contributed by atoms with van der Waals surface area (Å²) in [6.45, 7) is 0.742. The zero-order valence-corrected chi connectivity index (χ0v) is 22.5. The van der Waals surface area contributed by atoms with E-state index >= 15 is 0 Å². The van der Waals surface area contributed by atoms with E-state index in [4.69, 9.17) is 16.7 Å². The van der Waals surface area contributed by atoms with Gasteiger partial charge in [-0.1, -0.05) is 23.7 Å². The molecule has 10 heteroatoms. The van der Waals surface area contributed by atoms with Crippen LogP contribution in [0.3, 0.4) is 0 Å². The van der Waals surface area contributed by atoms with Crippen LogP contribution in [0, 0.1) is 5.92 Å². The Morgan fingerprint density at radius 1 is 0.950 bits per heavy atom. The molecule has 1 unspecified atom stereocenters. The summed E-state index contributed by atoms with van der Waals surface area (Å²) in [4.78, 5) is 50.8. The van der Waals surface area contributed by atoms with Gasteiger partial charge in [-0.15, -0.1) is 0 Å². The van der Waals surface area contributed by atoms with Crippen molar-refractivity contribution in [3.8, 4) is 11.1 Å². The van der Waals surface area contributed by atoms with Crippen molar-refractivity contribution in [2.45, 2.75) is 56.5 Å². The van der Waals surface area contributed by atoms with Crippen LogP contribution in [-0.4, -0.2) is 50.9 Å². The number of amides is 4. The molecule has 1 atom stereocenters. The Balaban J connectivity index is 0.989. The molecule has 3 aromatic rings. The SMILES string of the molecule is O=C1CCC(N2C(=O)c3ccc(NC[C@H]4C[C@H](n5cc(-c6cccc(Cl)c6)c(C6CC6)n5)C4)cc3C2=O)C(=O)N1. The van der Waals surface area contributed by atoms with Gasteiger partial charge in [0.05, 0.1) is 22.9 Å². The lowest BCUT2D eigenvalue weighted by molar-refractivity contribution is -0.136. The van der Waals surface area contributed by atoms with Crippen molar-refractivity contribution in [1.29, 1.82) is 0 Å². The molecule has 0 radical (unpaired) electrons. The van der Waals surface area contributed by atoms with E-state index in [2.05, 4.69) is 27.6 Å². The van der Waals surface area contributed by atoms with Crippen LogP contribution in [0.5, 0.6) is 0 Å². The number of anilines is 1. The number of nitrogens with one attached hydrogen (secondary N) is 2. The monoisotopic (exact) mass is 557 g/mol. The number of imide groups is 2. The van der Waals surface area contributed by atoms with Crippen LogP contribution in [0.15, 0.2) is 48.7 Å². The van der Waals surface area contributed by atoms with Gasteiger partial charge < -0.3 is 5.32 Å². The molecule has 204 valence electrons. The molecule has 1 saturated heterocycles. The lowest BCUT2D eigenvalue weighted by Gasteiger charge is -2.35. The average molecular weight is 558 g/mol. The lowest BCUT2D eigenvalue weighted by Crippen LogP contribution is -2.54. The van der Waals surface area contributed by atoms with Crippen LogP contribution in [0.4, 0.5) is 5.69 Å². The predicted octanol–water partition coefficient (Wildman–Crippen LogP) is 4.55. The van der Waals surface area contributed by atoms with Crippen molar-refractivity contribution in [3.63, 3.8) is 0 Å². The van der Waals surface area contributed by atoms with Crippen LogP contribution in [0.25, 0.3) is 11.1 Å². The fourth-order valence-electron chi connectivity index (χ4n) is 6.06. The molecule has 0 spiro atoms. The molecule has 2 N–H and O–H groups in total. The largest absolute Gasteiger partial charge is 0.385 e. The number of carbonyl (C=O) groups is 4. The maximum atomic E-state index is 13.1. The van der Waals surface area contributed by atoms with Gasteiger partial charge >= 0.3 is 0 Å². The summed E-state index contributed by atoms with van der Waals surface area (Å²) in [5, 5.41) is 11.4. The number of hydrogen-bond donors (Lipinski definition) is 2. The molecule has 0 bridgehead atoms. The standard InChI is InChI=1S/C30H28ClN5O4/c31-19-3-1-2-18(12-19)24-15-35(34-27(24)17-4-5-17)21-10-16(11-21)14-32-20-6-7-22-23(13-20)30(40)36(29(22)39)25-8-9-26(37)33-28(25)38/h1-3,6-7,12-13,15-17,21,25,32H,4-5,8-11,14H2,(H,33,37,38)/t16-,21-,25?. The minimum atomic E-state index is -0.962. The number of piperidine rings is 1. The van der Waals surface area contributed by atoms with E-state index < -0.39 is 23.8 Å². The first kappa shape index (κ1) is 25.0. The molecule has 9 nitrogen and oxygen atoms in total. The molecule has 4 aliphatic rings. The number of aromatic nitrogens is 2. The number of carbonyl (C=O) groups excluding carboxylic acids is 4. The van der Waals surface area contributed by atoms with Crippen LogP contribution in [0.1, 0.15) is 76.9 Å². The summed E-state index contributed by atoms with van der Waals surface area (Å²) in [5.41, 5.74) is 4.78. The lowest BCUT2D eigenvalue weighted by atomic mass is 9.80. The van der Waals surface area contributed by atoms with Crippen molar-refractivity contribution < 1.29 is 19.2 Å². The normalized spacial score (nSPS) is 24.1. The topological polar surface area (TPSA) is 113 Å². The second-order valence-electron chi connectivity index (χ2n) is 11.3. The van der Waals surface area contributed by atoms with Gasteiger partial charge in [-0.05, 0) is 73.9 Å². The molecule has 2 aliphatic carbocycles. The van der Waals surface area contributed by atoms with Gasteiger partial charge in [0.15, 0.2) is 0 Å². The number of rotatable bonds is 7. The Labute approximate surface area is 235 Å². The molecular weight excluding hydrogens is 530 g/mol. The second kappa shape index (κ2) is 9.59. The summed E-state index contributed by atoms with van der Waals surface area (Å²) in [6.07, 6.45) is 6.78. The Bertz CT molecular complexity index is 1570. The number of fused-ring (bicyclic) bond motifs is 1. The van der Waals surface area contributed by atoms with E-state index in [1.807, 2.05) is 18.2 Å². The molecule has 2 saturated carbocycles. The molecular formula is C30H28ClN5O4. The van der Waals surface area contributed by atoms with Crippen molar-refractivity contribution >= 4 is 40.9 Å². The van der Waals surface area contributed by atoms with Crippen molar-refractivity contribution in [3.05, 3.63) is 70.5 Å². The second-order valence-corrected chi connectivity index (χ2v) is 11.7. The van der Waals surface area contributed by atoms with Gasteiger partial charge in [0.25, 0.3) is 11.8 Å². The average Bonchev–Trinajstić information content (AvgIpc) is 3.62. The summed E-state index contributed by atoms with van der Waals surface area (Å²) < 4.78 is 2.13. The maximum absolute atomic E-state index is 13.1. The van der Waals surface area contributed by atoms with Crippen LogP contribution < -0.4 is 10.6 Å². The maximum Gasteiger partial charge on any atom is 0.262 e. The highest BCUT2D eigenvalue weighted by atomic mass is 35.5. The highest BCUT2D eigenvalue weighted by Crippen LogP contribution is 2.46. The quantitative estimate of drug-likeness (QED) is 0.412. The number of benzene rings is 2. The smallest absolute Gasteiger partial charge is 0.262 e. The van der Waals surface area contributed by atoms with E-state index in [0.29, 0.717) is 17.9 Å². The number of hydrogen-bond acceptors (Lipinski definition) is 6. The van der Waals surface area contributed by atoms with Gasteiger partial charge in [0.1, 0.15) is 6.04 Å². The van der Waals surface area contributed by atoms with E-state index in [9.17, 15) is 19.2 Å². The van der Waals surface area contributed by atoms with Crippen LogP contribution >= 0.6 is 11.6 Å². The van der Waals surface area contributed by atoms with Crippen molar-refractivity contribution in [1.82, 2.24) is 20.0 Å². The first-order chi connectivity index (χ1) is 19.4. The summed E-state index contributed by atoms with van der Waals surface area (Å²) in [6, 6.07) is 12.4. The zero-order valence-electron chi connectivity index (χ0n) is 21.7. The Morgan fingerprint density at radius 3 is 2.50 bits per heavy atom. The molecule has 3 heterocycles. The van der Waals surface area contributed by atoms with Crippen molar-refractivity contribution in [2.24, 2.45) is 5.92 Å². The van der Waals surface area contributed by atoms with Gasteiger partial charge in [0, 0.05) is 41.4 Å². The van der Waals surface area contributed by atoms with E-state index in [1.54, 1.807) is 18.2 Å². The van der Waals surface area contributed by atoms with Crippen LogP contribution in [0.2, 0.25) is 5.02 Å². The molecule has 40 heavy (non-hydrogen) atoms. The highest BCUT2D eigenvalue weighted by molar-refractivity contribution is 6.30. The van der Waals surface area contributed by atoms with Crippen molar-refractivity contribution in [2.75, 3.05) is 11.9 Å². The Morgan fingerprint density at radius 2 is 1.75 bits per heavy atom. The summed E-state index contributed by atoms with van der Waals surface area (Å²) in [5.74, 6) is -0.996. The first-order valence-corrected chi connectivity index (χ1v) is 14.2. The summed E-state index contributed by atoms with van der Waals surface area (Å²) >= 11 is 6.25. The minimum absolute atomic E-state index is 0.0986. The molecule has 2 aliphatic heterocycles. The number of halogens is 1. The van der Waals surface area contributed by atoms with E-state index in [0.717, 1.165) is 40.6 Å². The molecule has 1 aromatic heterocycles. The molecule has 2 aromatic carbocycles. The van der Waals surface area contributed by atoms with Crippen LogP contribution in [-0.2, 0) is 9.59 Å². The fraction of sp³-hybridized carbons (Fsp3) is 0.367. The number of nitrogens with zero attached hydrogens (tertiary/aromatic N) is 3. The van der Waals surface area contributed by atoms with E-state index in [1.165, 1.54) is 24.1 Å². The fourth-order valence-corrected chi connectivity index (χ4v) is 6.25.